The summed E-state index contributed by atoms with van der Waals surface area (Å²) in [7, 11) is 0. The Labute approximate surface area is 174 Å². The van der Waals surface area contributed by atoms with Crippen LogP contribution in [0.3, 0.4) is 0 Å². The lowest BCUT2D eigenvalue weighted by Gasteiger charge is -2.32. The van der Waals surface area contributed by atoms with Gasteiger partial charge in [0.05, 0.1) is 22.7 Å². The maximum atomic E-state index is 12.5. The largest absolute Gasteiger partial charge is 0.464 e. The van der Waals surface area contributed by atoms with Crippen molar-refractivity contribution < 1.29 is 9.21 Å². The van der Waals surface area contributed by atoms with Crippen LogP contribution in [0.4, 0.5) is 0 Å². The minimum Gasteiger partial charge on any atom is -0.464 e. The Morgan fingerprint density at radius 1 is 1.11 bits per heavy atom. The van der Waals surface area contributed by atoms with Gasteiger partial charge >= 0.3 is 0 Å². The molecule has 2 aromatic carbocycles. The van der Waals surface area contributed by atoms with Crippen molar-refractivity contribution in [3.8, 4) is 0 Å². The van der Waals surface area contributed by atoms with E-state index < -0.39 is 0 Å². The number of carbonyl (C=O) groups is 1. The summed E-state index contributed by atoms with van der Waals surface area (Å²) >= 11 is 12.1. The molecule has 1 fully saturated rings. The molecule has 0 unspecified atom stereocenters. The van der Waals surface area contributed by atoms with Crippen LogP contribution in [-0.2, 0) is 17.8 Å². The zero-order chi connectivity index (χ0) is 19.5. The third-order valence-corrected chi connectivity index (χ3v) is 6.02. The molecule has 0 saturated carbocycles. The number of rotatable bonds is 5. The summed E-state index contributed by atoms with van der Waals surface area (Å²) in [6.45, 7) is 2.74. The van der Waals surface area contributed by atoms with Crippen LogP contribution in [0.5, 0.6) is 0 Å². The monoisotopic (exact) mass is 416 g/mol. The van der Waals surface area contributed by atoms with Crippen molar-refractivity contribution >= 4 is 40.1 Å². The molecular formula is C22H22Cl2N2O2. The van der Waals surface area contributed by atoms with E-state index in [0.29, 0.717) is 16.5 Å². The smallest absolute Gasteiger partial charge is 0.224 e. The Morgan fingerprint density at radius 2 is 1.93 bits per heavy atom. The molecule has 0 atom stereocenters. The first-order chi connectivity index (χ1) is 13.6. The van der Waals surface area contributed by atoms with E-state index >= 15 is 0 Å². The number of nitrogens with zero attached hydrogens (tertiary/aromatic N) is 1. The van der Waals surface area contributed by atoms with E-state index in [0.717, 1.165) is 54.6 Å². The molecule has 1 amide bonds. The molecular weight excluding hydrogens is 395 g/mol. The lowest BCUT2D eigenvalue weighted by molar-refractivity contribution is -0.121. The minimum absolute atomic E-state index is 0.0663. The van der Waals surface area contributed by atoms with Crippen LogP contribution in [0.1, 0.15) is 24.0 Å². The van der Waals surface area contributed by atoms with E-state index in [9.17, 15) is 4.79 Å². The van der Waals surface area contributed by atoms with Gasteiger partial charge in [-0.1, -0.05) is 41.4 Å². The van der Waals surface area contributed by atoms with E-state index in [1.807, 2.05) is 42.5 Å². The Bertz CT molecular complexity index is 978. The van der Waals surface area contributed by atoms with Gasteiger partial charge in [0.25, 0.3) is 0 Å². The molecule has 1 saturated heterocycles. The zero-order valence-electron chi connectivity index (χ0n) is 15.5. The highest BCUT2D eigenvalue weighted by atomic mass is 35.5. The summed E-state index contributed by atoms with van der Waals surface area (Å²) in [5.74, 6) is 0.0663. The van der Waals surface area contributed by atoms with Gasteiger partial charge in [-0.25, -0.2) is 0 Å². The molecule has 2 heterocycles. The number of halogens is 2. The van der Waals surface area contributed by atoms with Crippen LogP contribution < -0.4 is 5.32 Å². The van der Waals surface area contributed by atoms with Crippen molar-refractivity contribution in [3.05, 3.63) is 69.9 Å². The van der Waals surface area contributed by atoms with Gasteiger partial charge in [0.2, 0.25) is 5.91 Å². The standard InChI is InChI=1S/C22H22Cl2N2O2/c23-19-5-4-15(12-20(19)24)14-26-9-6-17(7-10-26)25-22(27)13-16-2-1-3-21-18(16)8-11-28-21/h1-5,8,11-12,17H,6-7,9-10,13-14H2,(H,25,27). The number of amides is 1. The molecule has 4 rings (SSSR count). The minimum atomic E-state index is 0.0663. The number of hydrogen-bond donors (Lipinski definition) is 1. The highest BCUT2D eigenvalue weighted by Gasteiger charge is 2.21. The molecule has 0 radical (unpaired) electrons. The third-order valence-electron chi connectivity index (χ3n) is 5.28. The predicted octanol–water partition coefficient (Wildman–Crippen LogP) is 5.06. The fourth-order valence-electron chi connectivity index (χ4n) is 3.79. The molecule has 4 nitrogen and oxygen atoms in total. The third kappa shape index (κ3) is 4.52. The summed E-state index contributed by atoms with van der Waals surface area (Å²) in [4.78, 5) is 14.9. The molecule has 3 aromatic rings. The van der Waals surface area contributed by atoms with Gasteiger partial charge in [-0.2, -0.15) is 0 Å². The summed E-state index contributed by atoms with van der Waals surface area (Å²) in [5, 5.41) is 5.37. The first-order valence-electron chi connectivity index (χ1n) is 9.49. The highest BCUT2D eigenvalue weighted by molar-refractivity contribution is 6.42. The van der Waals surface area contributed by atoms with Crippen molar-refractivity contribution in [1.82, 2.24) is 10.2 Å². The first kappa shape index (κ1) is 19.3. The van der Waals surface area contributed by atoms with Crippen molar-refractivity contribution in [2.24, 2.45) is 0 Å². The van der Waals surface area contributed by atoms with Gasteiger partial charge in [-0.05, 0) is 48.2 Å². The summed E-state index contributed by atoms with van der Waals surface area (Å²) in [6.07, 6.45) is 3.93. The number of furan rings is 1. The molecule has 28 heavy (non-hydrogen) atoms. The van der Waals surface area contributed by atoms with Crippen LogP contribution >= 0.6 is 23.2 Å². The molecule has 0 aliphatic carbocycles. The van der Waals surface area contributed by atoms with Gasteiger partial charge in [-0.3, -0.25) is 9.69 Å². The molecule has 1 aliphatic heterocycles. The molecule has 0 spiro atoms. The first-order valence-corrected chi connectivity index (χ1v) is 10.2. The van der Waals surface area contributed by atoms with Crippen molar-refractivity contribution in [1.29, 1.82) is 0 Å². The number of fused-ring (bicyclic) bond motifs is 1. The van der Waals surface area contributed by atoms with Crippen molar-refractivity contribution in [3.63, 3.8) is 0 Å². The number of benzene rings is 2. The Kier molecular flexibility index (Phi) is 5.90. The van der Waals surface area contributed by atoms with Crippen molar-refractivity contribution in [2.45, 2.75) is 31.8 Å². The number of piperidine rings is 1. The maximum absolute atomic E-state index is 12.5. The highest BCUT2D eigenvalue weighted by Crippen LogP contribution is 2.24. The Hall–Kier alpha value is -2.01. The molecule has 1 aromatic heterocycles. The number of hydrogen-bond acceptors (Lipinski definition) is 3. The van der Waals surface area contributed by atoms with Crippen LogP contribution in [0.15, 0.2) is 53.1 Å². The SMILES string of the molecule is O=C(Cc1cccc2occc12)NC1CCN(Cc2ccc(Cl)c(Cl)c2)CC1. The molecule has 6 heteroatoms. The molecule has 1 N–H and O–H groups in total. The second kappa shape index (κ2) is 8.56. The average Bonchev–Trinajstić information content (AvgIpc) is 3.16. The average molecular weight is 417 g/mol. The fourth-order valence-corrected chi connectivity index (χ4v) is 4.11. The van der Waals surface area contributed by atoms with E-state index in [-0.39, 0.29) is 11.9 Å². The van der Waals surface area contributed by atoms with Crippen LogP contribution in [0.2, 0.25) is 10.0 Å². The topological polar surface area (TPSA) is 45.5 Å². The number of likely N-dealkylation sites (tertiary alicyclic amines) is 1. The Morgan fingerprint density at radius 3 is 2.71 bits per heavy atom. The van der Waals surface area contributed by atoms with Crippen LogP contribution in [0.25, 0.3) is 11.0 Å². The molecule has 0 bridgehead atoms. The van der Waals surface area contributed by atoms with Crippen molar-refractivity contribution in [2.75, 3.05) is 13.1 Å². The second-order valence-electron chi connectivity index (χ2n) is 7.29. The molecule has 1 aliphatic rings. The zero-order valence-corrected chi connectivity index (χ0v) is 17.0. The van der Waals surface area contributed by atoms with Gasteiger partial charge in [-0.15, -0.1) is 0 Å². The van der Waals surface area contributed by atoms with Gasteiger partial charge in [0.15, 0.2) is 0 Å². The van der Waals surface area contributed by atoms with Gasteiger partial charge < -0.3 is 9.73 Å². The van der Waals surface area contributed by atoms with Gasteiger partial charge in [0.1, 0.15) is 5.58 Å². The second-order valence-corrected chi connectivity index (χ2v) is 8.11. The Balaban J connectivity index is 1.27. The van der Waals surface area contributed by atoms with E-state index in [2.05, 4.69) is 10.2 Å². The van der Waals surface area contributed by atoms with Gasteiger partial charge in [0, 0.05) is 31.1 Å². The normalized spacial score (nSPS) is 15.8. The maximum Gasteiger partial charge on any atom is 0.224 e. The van der Waals surface area contributed by atoms with E-state index in [1.165, 1.54) is 0 Å². The van der Waals surface area contributed by atoms with Crippen LogP contribution in [0, 0.1) is 0 Å². The lowest BCUT2D eigenvalue weighted by Crippen LogP contribution is -2.44. The summed E-state index contributed by atoms with van der Waals surface area (Å²) in [6, 6.07) is 13.7. The van der Waals surface area contributed by atoms with E-state index in [1.54, 1.807) is 6.26 Å². The summed E-state index contributed by atoms with van der Waals surface area (Å²) < 4.78 is 5.41. The number of nitrogens with one attached hydrogen (secondary N) is 1. The number of carbonyl (C=O) groups excluding carboxylic acids is 1. The summed E-state index contributed by atoms with van der Waals surface area (Å²) in [5.41, 5.74) is 2.98. The molecule has 146 valence electrons. The lowest BCUT2D eigenvalue weighted by atomic mass is 10.0. The van der Waals surface area contributed by atoms with E-state index in [4.69, 9.17) is 27.6 Å². The quantitative estimate of drug-likeness (QED) is 0.631. The van der Waals surface area contributed by atoms with Crippen LogP contribution in [-0.4, -0.2) is 29.9 Å². The predicted molar refractivity (Wildman–Crippen MR) is 113 cm³/mol. The fraction of sp³-hybridized carbons (Fsp3) is 0.318.